The van der Waals surface area contributed by atoms with Crippen molar-refractivity contribution in [3.8, 4) is 5.75 Å². The van der Waals surface area contributed by atoms with Crippen LogP contribution in [0.15, 0.2) is 82.6 Å². The number of carbonyl (C=O) groups is 3. The molecule has 13 heteroatoms. The fourth-order valence-electron chi connectivity index (χ4n) is 5.55. The highest BCUT2D eigenvalue weighted by Gasteiger charge is 2.56. The molecule has 1 aromatic heterocycles. The molecule has 1 fully saturated rings. The molecule has 2 aliphatic heterocycles. The lowest BCUT2D eigenvalue weighted by Crippen LogP contribution is -2.33. The number of nitrogens with one attached hydrogen (secondary N) is 1. The summed E-state index contributed by atoms with van der Waals surface area (Å²) in [7, 11) is 1.52. The Morgan fingerprint density at radius 1 is 0.955 bits per heavy atom. The van der Waals surface area contributed by atoms with Gasteiger partial charge in [0, 0.05) is 10.8 Å². The van der Waals surface area contributed by atoms with E-state index in [4.69, 9.17) is 4.74 Å². The number of hydrogen-bond acceptors (Lipinski definition) is 7. The van der Waals surface area contributed by atoms with Crippen LogP contribution in [0.4, 0.5) is 24.5 Å². The van der Waals surface area contributed by atoms with E-state index in [9.17, 15) is 32.3 Å². The first-order chi connectivity index (χ1) is 21.0. The van der Waals surface area contributed by atoms with E-state index < -0.39 is 63.7 Å². The Kier molecular flexibility index (Phi) is 7.62. The average Bonchev–Trinajstić information content (AvgIpc) is 3.43. The van der Waals surface area contributed by atoms with Crippen molar-refractivity contribution < 1.29 is 32.3 Å². The van der Waals surface area contributed by atoms with Crippen LogP contribution in [0.3, 0.4) is 0 Å². The lowest BCUT2D eigenvalue weighted by atomic mass is 9.83. The molecule has 0 unspecified atom stereocenters. The highest BCUT2D eigenvalue weighted by atomic mass is 32.2. The molecule has 1 saturated heterocycles. The Balaban J connectivity index is 1.40. The summed E-state index contributed by atoms with van der Waals surface area (Å²) in [6, 6.07) is 18.5. The summed E-state index contributed by atoms with van der Waals surface area (Å²) < 4.78 is 47.0. The van der Waals surface area contributed by atoms with Gasteiger partial charge in [-0.2, -0.15) is 13.2 Å². The molecule has 2 aliphatic rings. The average molecular weight is 640 g/mol. The number of anilines is 2. The van der Waals surface area contributed by atoms with Crippen LogP contribution >= 0.6 is 23.1 Å². The molecular weight excluding hydrogens is 615 g/mol. The molecule has 3 aromatic carbocycles. The highest BCUT2D eigenvalue weighted by molar-refractivity contribution is 8.00. The van der Waals surface area contributed by atoms with Gasteiger partial charge in [0.1, 0.15) is 17.5 Å². The molecule has 6 rings (SSSR count). The Labute approximate surface area is 257 Å². The Bertz CT molecular complexity index is 1830. The quantitative estimate of drug-likeness (QED) is 0.273. The first kappa shape index (κ1) is 29.7. The van der Waals surface area contributed by atoms with Crippen LogP contribution < -0.4 is 19.8 Å². The number of methoxy groups -OCH3 is 1. The van der Waals surface area contributed by atoms with Crippen LogP contribution in [0, 0.1) is 12.8 Å². The maximum absolute atomic E-state index is 14.0. The molecular formula is C31H24F3N3O5S2. The number of benzene rings is 3. The van der Waals surface area contributed by atoms with Crippen LogP contribution in [0.5, 0.6) is 5.75 Å². The van der Waals surface area contributed by atoms with Gasteiger partial charge in [-0.15, -0.1) is 0 Å². The molecule has 8 nitrogen and oxygen atoms in total. The number of aryl methyl sites for hydroxylation is 1. The Morgan fingerprint density at radius 3 is 2.30 bits per heavy atom. The van der Waals surface area contributed by atoms with Gasteiger partial charge >= 0.3 is 11.0 Å². The number of rotatable bonds is 6. The monoisotopic (exact) mass is 639 g/mol. The molecule has 1 N–H and O–H groups in total. The fraction of sp³-hybridized carbons (Fsp3) is 0.226. The SMILES string of the molecule is COc1ccc([C@@H]2c3sc(=O)n(CC(=O)Nc4ccccc4C(F)(F)F)c3S[C@H]3C(=O)N(c4ccc(C)cc4)C(=O)[C@@H]23)cc1. The van der Waals surface area contributed by atoms with Gasteiger partial charge in [0.05, 0.1) is 35.0 Å². The summed E-state index contributed by atoms with van der Waals surface area (Å²) in [6.45, 7) is 1.31. The first-order valence-electron chi connectivity index (χ1n) is 13.4. The zero-order valence-corrected chi connectivity index (χ0v) is 24.9. The zero-order chi connectivity index (χ0) is 31.3. The van der Waals surface area contributed by atoms with Crippen LogP contribution in [-0.4, -0.2) is 34.6 Å². The number of aromatic nitrogens is 1. The fourth-order valence-corrected chi connectivity index (χ4v) is 8.32. The number of nitrogens with zero attached hydrogens (tertiary/aromatic N) is 2. The van der Waals surface area contributed by atoms with E-state index in [1.54, 1.807) is 48.5 Å². The van der Waals surface area contributed by atoms with Crippen molar-refractivity contribution in [3.05, 3.63) is 104 Å². The number of halogens is 3. The predicted octanol–water partition coefficient (Wildman–Crippen LogP) is 5.68. The summed E-state index contributed by atoms with van der Waals surface area (Å²) >= 11 is 1.88. The second kappa shape index (κ2) is 11.3. The minimum Gasteiger partial charge on any atom is -0.497 e. The van der Waals surface area contributed by atoms with Gasteiger partial charge in [-0.05, 0) is 48.9 Å². The van der Waals surface area contributed by atoms with Gasteiger partial charge in [-0.25, -0.2) is 4.90 Å². The largest absolute Gasteiger partial charge is 0.497 e. The molecule has 0 aliphatic carbocycles. The molecule has 0 spiro atoms. The van der Waals surface area contributed by atoms with Gasteiger partial charge < -0.3 is 10.1 Å². The Morgan fingerprint density at radius 2 is 1.64 bits per heavy atom. The number of amides is 3. The van der Waals surface area contributed by atoms with Crippen molar-refractivity contribution in [2.75, 3.05) is 17.3 Å². The number of fused-ring (bicyclic) bond motifs is 2. The number of carbonyl (C=O) groups excluding carboxylic acids is 3. The minimum atomic E-state index is -4.70. The number of para-hydroxylation sites is 1. The number of imide groups is 1. The number of thioether (sulfide) groups is 1. The molecule has 4 aromatic rings. The summed E-state index contributed by atoms with van der Waals surface area (Å²) in [5, 5.41) is 1.70. The maximum atomic E-state index is 14.0. The zero-order valence-electron chi connectivity index (χ0n) is 23.3. The summed E-state index contributed by atoms with van der Waals surface area (Å²) in [5.74, 6) is -2.66. The number of ether oxygens (including phenoxy) is 1. The number of alkyl halides is 3. The lowest BCUT2D eigenvalue weighted by Gasteiger charge is -2.30. The van der Waals surface area contributed by atoms with Gasteiger partial charge in [0.25, 0.3) is 0 Å². The van der Waals surface area contributed by atoms with E-state index in [0.717, 1.165) is 50.3 Å². The first-order valence-corrected chi connectivity index (χ1v) is 15.1. The molecule has 226 valence electrons. The topological polar surface area (TPSA) is 97.7 Å². The van der Waals surface area contributed by atoms with Crippen molar-refractivity contribution in [2.24, 2.45) is 5.92 Å². The van der Waals surface area contributed by atoms with Crippen LogP contribution in [0.25, 0.3) is 0 Å². The molecule has 0 bridgehead atoms. The van der Waals surface area contributed by atoms with Crippen molar-refractivity contribution in [2.45, 2.75) is 35.8 Å². The van der Waals surface area contributed by atoms with E-state index in [-0.39, 0.29) is 0 Å². The third-order valence-electron chi connectivity index (χ3n) is 7.62. The molecule has 3 atom stereocenters. The number of hydrogen-bond donors (Lipinski definition) is 1. The predicted molar refractivity (Wildman–Crippen MR) is 160 cm³/mol. The van der Waals surface area contributed by atoms with E-state index in [2.05, 4.69) is 5.32 Å². The van der Waals surface area contributed by atoms with Crippen molar-refractivity contribution in [1.29, 1.82) is 0 Å². The van der Waals surface area contributed by atoms with Crippen molar-refractivity contribution in [3.63, 3.8) is 0 Å². The van der Waals surface area contributed by atoms with Gasteiger partial charge in [-0.1, -0.05) is 65.1 Å². The summed E-state index contributed by atoms with van der Waals surface area (Å²) in [6.07, 6.45) is -4.70. The van der Waals surface area contributed by atoms with Crippen LogP contribution in [0.2, 0.25) is 0 Å². The Hall–Kier alpha value is -4.36. The van der Waals surface area contributed by atoms with Gasteiger partial charge in [-0.3, -0.25) is 23.7 Å². The summed E-state index contributed by atoms with van der Waals surface area (Å²) in [4.78, 5) is 55.3. The van der Waals surface area contributed by atoms with Crippen molar-refractivity contribution >= 4 is 52.2 Å². The third-order valence-corrected chi connectivity index (χ3v) is 10.2. The molecule has 0 saturated carbocycles. The second-order valence-corrected chi connectivity index (χ2v) is 12.5. The van der Waals surface area contributed by atoms with Gasteiger partial charge in [0.2, 0.25) is 17.7 Å². The third kappa shape index (κ3) is 5.19. The van der Waals surface area contributed by atoms with E-state index in [1.807, 2.05) is 6.92 Å². The maximum Gasteiger partial charge on any atom is 0.418 e. The number of thiazole rings is 1. The molecule has 44 heavy (non-hydrogen) atoms. The minimum absolute atomic E-state index is 0.327. The summed E-state index contributed by atoms with van der Waals surface area (Å²) in [5.41, 5.74) is 0.606. The van der Waals surface area contributed by atoms with E-state index in [0.29, 0.717) is 26.9 Å². The second-order valence-electron chi connectivity index (χ2n) is 10.4. The molecule has 0 radical (unpaired) electrons. The van der Waals surface area contributed by atoms with Crippen LogP contribution in [0.1, 0.15) is 27.5 Å². The van der Waals surface area contributed by atoms with E-state index in [1.165, 1.54) is 19.2 Å². The molecule has 3 heterocycles. The smallest absolute Gasteiger partial charge is 0.418 e. The van der Waals surface area contributed by atoms with Gasteiger partial charge in [0.15, 0.2) is 0 Å². The standard InChI is InChI=1S/C31H24F3N3O5S2/c1-16-7-11-18(12-8-16)37-27(39)24-23(17-9-13-19(42-2)14-10-17)26-29(43-25(24)28(37)40)36(30(41)44-26)15-22(38)35-21-6-4-3-5-20(21)31(32,33)34/h3-14,23-25H,15H2,1-2H3,(H,35,38)/t23-,24-,25+/m0/s1. The normalized spacial score (nSPS) is 19.5. The molecule has 3 amide bonds. The van der Waals surface area contributed by atoms with Crippen molar-refractivity contribution in [1.82, 2.24) is 4.57 Å². The lowest BCUT2D eigenvalue weighted by molar-refractivity contribution is -0.137. The van der Waals surface area contributed by atoms with E-state index >= 15 is 0 Å². The highest BCUT2D eigenvalue weighted by Crippen LogP contribution is 2.54. The van der Waals surface area contributed by atoms with Crippen LogP contribution in [-0.2, 0) is 27.1 Å².